The van der Waals surface area contributed by atoms with E-state index in [1.165, 1.54) is 43.8 Å². The number of anilines is 1. The third-order valence-electron chi connectivity index (χ3n) is 8.58. The molecule has 1 atom stereocenters. The van der Waals surface area contributed by atoms with Gasteiger partial charge < -0.3 is 19.4 Å². The standard InChI is InChI=1S/C31H48FN7O2/c1-8-39(23(4)5)30(40)25-17-24(32)12-13-27(25)41-29-28(33-21-34-35-29)37-16-14-31(18-37)19-38(20-31)26(22(2)3)11-9-10-15-36(6)7/h12-13,17,21-23,26H,8-11,14-16,18-20H2,1-7H3/t26-/m1/s1. The first-order valence-electron chi connectivity index (χ1n) is 15.1. The van der Waals surface area contributed by atoms with Crippen LogP contribution in [0.5, 0.6) is 11.6 Å². The molecule has 0 radical (unpaired) electrons. The molecule has 1 spiro atoms. The quantitative estimate of drug-likeness (QED) is 0.314. The molecule has 0 N–H and O–H groups in total. The largest absolute Gasteiger partial charge is 0.434 e. The Bertz CT molecular complexity index is 1170. The minimum absolute atomic E-state index is 0.0338. The van der Waals surface area contributed by atoms with Crippen molar-refractivity contribution in [3.63, 3.8) is 0 Å². The summed E-state index contributed by atoms with van der Waals surface area (Å²) < 4.78 is 20.4. The Labute approximate surface area is 245 Å². The molecule has 41 heavy (non-hydrogen) atoms. The van der Waals surface area contributed by atoms with E-state index in [4.69, 9.17) is 4.74 Å². The molecule has 9 nitrogen and oxygen atoms in total. The number of hydrogen-bond donors (Lipinski definition) is 0. The van der Waals surface area contributed by atoms with Gasteiger partial charge in [0.15, 0.2) is 5.82 Å². The van der Waals surface area contributed by atoms with E-state index in [1.54, 1.807) is 4.90 Å². The third-order valence-corrected chi connectivity index (χ3v) is 8.58. The van der Waals surface area contributed by atoms with Crippen LogP contribution < -0.4 is 9.64 Å². The second kappa shape index (κ2) is 13.4. The van der Waals surface area contributed by atoms with Gasteiger partial charge in [-0.15, -0.1) is 10.2 Å². The number of carbonyl (C=O) groups is 1. The number of halogens is 1. The normalized spacial score (nSPS) is 17.5. The van der Waals surface area contributed by atoms with Crippen LogP contribution in [0.4, 0.5) is 10.2 Å². The van der Waals surface area contributed by atoms with Crippen molar-refractivity contribution in [3.8, 4) is 11.6 Å². The number of carbonyl (C=O) groups excluding carboxylic acids is 1. The number of amides is 1. The van der Waals surface area contributed by atoms with Crippen molar-refractivity contribution in [3.05, 3.63) is 35.9 Å². The maximum Gasteiger partial charge on any atom is 0.282 e. The molecule has 1 amide bonds. The first kappa shape index (κ1) is 31.1. The van der Waals surface area contributed by atoms with Gasteiger partial charge in [-0.1, -0.05) is 20.3 Å². The maximum absolute atomic E-state index is 14.2. The Hall–Kier alpha value is -2.85. The van der Waals surface area contributed by atoms with Crippen LogP contribution in [0.3, 0.4) is 0 Å². The highest BCUT2D eigenvalue weighted by atomic mass is 19.1. The molecule has 2 aromatic rings. The second-order valence-electron chi connectivity index (χ2n) is 12.7. The lowest BCUT2D eigenvalue weighted by molar-refractivity contribution is -0.0341. The van der Waals surface area contributed by atoms with Gasteiger partial charge in [0.1, 0.15) is 17.9 Å². The first-order valence-corrected chi connectivity index (χ1v) is 15.1. The van der Waals surface area contributed by atoms with Crippen LogP contribution in [0.25, 0.3) is 0 Å². The van der Waals surface area contributed by atoms with Crippen molar-refractivity contribution in [1.29, 1.82) is 0 Å². The number of rotatable bonds is 13. The van der Waals surface area contributed by atoms with E-state index >= 15 is 0 Å². The minimum atomic E-state index is -0.494. The summed E-state index contributed by atoms with van der Waals surface area (Å²) in [5, 5.41) is 8.21. The molecule has 10 heteroatoms. The zero-order valence-electron chi connectivity index (χ0n) is 25.9. The molecular weight excluding hydrogens is 521 g/mol. The summed E-state index contributed by atoms with van der Waals surface area (Å²) in [6, 6.07) is 4.58. The van der Waals surface area contributed by atoms with E-state index in [2.05, 4.69) is 57.8 Å². The lowest BCUT2D eigenvalue weighted by Gasteiger charge is -2.53. The number of unbranched alkanes of at least 4 members (excludes halogenated alkanes) is 1. The highest BCUT2D eigenvalue weighted by Crippen LogP contribution is 2.44. The van der Waals surface area contributed by atoms with E-state index in [9.17, 15) is 9.18 Å². The highest BCUT2D eigenvalue weighted by molar-refractivity contribution is 5.97. The summed E-state index contributed by atoms with van der Waals surface area (Å²) >= 11 is 0. The molecular formula is C31H48FN7O2. The number of likely N-dealkylation sites (tertiary alicyclic amines) is 1. The zero-order valence-corrected chi connectivity index (χ0v) is 25.9. The van der Waals surface area contributed by atoms with Gasteiger partial charge in [0.2, 0.25) is 0 Å². The Kier molecular flexibility index (Phi) is 10.2. The van der Waals surface area contributed by atoms with Gasteiger partial charge in [0.25, 0.3) is 11.8 Å². The van der Waals surface area contributed by atoms with Gasteiger partial charge in [-0.05, 0) is 84.8 Å². The topological polar surface area (TPSA) is 77.9 Å². The van der Waals surface area contributed by atoms with E-state index in [-0.39, 0.29) is 34.6 Å². The summed E-state index contributed by atoms with van der Waals surface area (Å²) in [6.45, 7) is 16.0. The molecule has 2 aliphatic heterocycles. The van der Waals surface area contributed by atoms with Crippen LogP contribution in [0, 0.1) is 17.2 Å². The van der Waals surface area contributed by atoms with Crippen LogP contribution in [0.2, 0.25) is 0 Å². The number of aromatic nitrogens is 3. The predicted molar refractivity (Wildman–Crippen MR) is 160 cm³/mol. The monoisotopic (exact) mass is 569 g/mol. The molecule has 3 heterocycles. The maximum atomic E-state index is 14.2. The number of ether oxygens (including phenoxy) is 1. The molecule has 2 aliphatic rings. The average molecular weight is 570 g/mol. The second-order valence-corrected chi connectivity index (χ2v) is 12.7. The molecule has 1 aromatic carbocycles. The fourth-order valence-electron chi connectivity index (χ4n) is 6.45. The van der Waals surface area contributed by atoms with Crippen LogP contribution >= 0.6 is 0 Å². The Morgan fingerprint density at radius 3 is 2.56 bits per heavy atom. The number of hydrogen-bond acceptors (Lipinski definition) is 8. The summed E-state index contributed by atoms with van der Waals surface area (Å²) in [7, 11) is 4.28. The molecule has 1 aromatic heterocycles. The summed E-state index contributed by atoms with van der Waals surface area (Å²) in [5.74, 6) is 0.935. The van der Waals surface area contributed by atoms with Gasteiger partial charge in [-0.25, -0.2) is 9.37 Å². The zero-order chi connectivity index (χ0) is 29.7. The van der Waals surface area contributed by atoms with Crippen molar-refractivity contribution in [2.24, 2.45) is 11.3 Å². The van der Waals surface area contributed by atoms with Gasteiger partial charge in [0, 0.05) is 50.2 Å². The Morgan fingerprint density at radius 1 is 1.15 bits per heavy atom. The van der Waals surface area contributed by atoms with Gasteiger partial charge in [0.05, 0.1) is 5.56 Å². The van der Waals surface area contributed by atoms with Crippen molar-refractivity contribution in [1.82, 2.24) is 29.9 Å². The number of benzene rings is 1. The molecule has 2 fully saturated rings. The van der Waals surface area contributed by atoms with E-state index < -0.39 is 5.82 Å². The van der Waals surface area contributed by atoms with Crippen LogP contribution in [0.15, 0.2) is 24.5 Å². The van der Waals surface area contributed by atoms with E-state index in [0.717, 1.165) is 39.1 Å². The number of nitrogens with zero attached hydrogens (tertiary/aromatic N) is 7. The van der Waals surface area contributed by atoms with Crippen LogP contribution in [-0.2, 0) is 0 Å². The Balaban J connectivity index is 1.45. The lowest BCUT2D eigenvalue weighted by atomic mass is 9.76. The highest BCUT2D eigenvalue weighted by Gasteiger charge is 2.50. The van der Waals surface area contributed by atoms with Crippen LogP contribution in [-0.4, -0.2) is 101 Å². The predicted octanol–water partition coefficient (Wildman–Crippen LogP) is 4.94. The van der Waals surface area contributed by atoms with Crippen molar-refractivity contribution < 1.29 is 13.9 Å². The Morgan fingerprint density at radius 2 is 1.90 bits per heavy atom. The van der Waals surface area contributed by atoms with Crippen molar-refractivity contribution in [2.45, 2.75) is 72.4 Å². The molecule has 4 rings (SSSR count). The smallest absolute Gasteiger partial charge is 0.282 e. The fraction of sp³-hybridized carbons (Fsp3) is 0.677. The molecule has 0 unspecified atom stereocenters. The first-order chi connectivity index (χ1) is 19.5. The summed E-state index contributed by atoms with van der Waals surface area (Å²) in [5.41, 5.74) is 0.393. The molecule has 0 saturated carbocycles. The SMILES string of the molecule is CCN(C(=O)c1cc(F)ccc1Oc1nncnc1N1CCC2(C1)CN([C@H](CCCCN(C)C)C(C)C)C2)C(C)C. The van der Waals surface area contributed by atoms with Crippen LogP contribution in [0.1, 0.15) is 70.7 Å². The van der Waals surface area contributed by atoms with E-state index in [0.29, 0.717) is 24.3 Å². The van der Waals surface area contributed by atoms with Gasteiger partial charge >= 0.3 is 0 Å². The molecule has 0 aliphatic carbocycles. The molecule has 226 valence electrons. The van der Waals surface area contributed by atoms with Crippen molar-refractivity contribution in [2.75, 3.05) is 58.3 Å². The molecule has 2 saturated heterocycles. The van der Waals surface area contributed by atoms with Gasteiger partial charge in [-0.3, -0.25) is 9.69 Å². The minimum Gasteiger partial charge on any atom is -0.434 e. The molecule has 0 bridgehead atoms. The van der Waals surface area contributed by atoms with Crippen molar-refractivity contribution >= 4 is 11.7 Å². The summed E-state index contributed by atoms with van der Waals surface area (Å²) in [6.07, 6.45) is 6.24. The third kappa shape index (κ3) is 7.33. The van der Waals surface area contributed by atoms with Gasteiger partial charge in [-0.2, -0.15) is 0 Å². The fourth-order valence-corrected chi connectivity index (χ4v) is 6.45. The summed E-state index contributed by atoms with van der Waals surface area (Å²) in [4.78, 5) is 26.7. The average Bonchev–Trinajstić information content (AvgIpc) is 3.35. The lowest BCUT2D eigenvalue weighted by Crippen LogP contribution is -2.61. The van der Waals surface area contributed by atoms with E-state index in [1.807, 2.05) is 20.8 Å².